The molecule has 1 aromatic carbocycles. The molecule has 1 saturated heterocycles. The van der Waals surface area contributed by atoms with Crippen molar-refractivity contribution in [2.75, 3.05) is 18.9 Å². The summed E-state index contributed by atoms with van der Waals surface area (Å²) in [5, 5.41) is 4.66. The molecule has 104 valence electrons. The predicted octanol–water partition coefficient (Wildman–Crippen LogP) is 1.73. The molecule has 1 aliphatic heterocycles. The molecular formula is C15H17N3O2. The number of aromatic nitrogens is 1. The predicted molar refractivity (Wildman–Crippen MR) is 77.5 cm³/mol. The monoisotopic (exact) mass is 271 g/mol. The molecular weight excluding hydrogens is 254 g/mol. The van der Waals surface area contributed by atoms with Gasteiger partial charge in [-0.25, -0.2) is 4.98 Å². The summed E-state index contributed by atoms with van der Waals surface area (Å²) in [6, 6.07) is 7.53. The number of nitrogen functional groups attached to an aromatic ring is 1. The minimum Gasteiger partial charge on any atom is -0.383 e. The SMILES string of the molecule is CC1(NC(=O)c2cnc(N)c3ccccc23)CCOC1. The Hall–Kier alpha value is -2.14. The number of fused-ring (bicyclic) bond motifs is 1. The second-order valence-electron chi connectivity index (χ2n) is 5.42. The summed E-state index contributed by atoms with van der Waals surface area (Å²) in [5.41, 5.74) is 6.09. The van der Waals surface area contributed by atoms with Crippen molar-refractivity contribution in [2.24, 2.45) is 0 Å². The van der Waals surface area contributed by atoms with E-state index >= 15 is 0 Å². The van der Waals surface area contributed by atoms with E-state index in [-0.39, 0.29) is 11.4 Å². The number of benzene rings is 1. The number of nitrogens with zero attached hydrogens (tertiary/aromatic N) is 1. The lowest BCUT2D eigenvalue weighted by Crippen LogP contribution is -2.46. The van der Waals surface area contributed by atoms with Crippen LogP contribution in [0.4, 0.5) is 5.82 Å². The molecule has 0 radical (unpaired) electrons. The van der Waals surface area contributed by atoms with Gasteiger partial charge in [0.15, 0.2) is 0 Å². The van der Waals surface area contributed by atoms with Crippen molar-refractivity contribution < 1.29 is 9.53 Å². The van der Waals surface area contributed by atoms with E-state index in [2.05, 4.69) is 10.3 Å². The second-order valence-corrected chi connectivity index (χ2v) is 5.42. The third-order valence-corrected chi connectivity index (χ3v) is 3.70. The highest BCUT2D eigenvalue weighted by Gasteiger charge is 2.32. The molecule has 1 amide bonds. The normalized spacial score (nSPS) is 22.1. The topological polar surface area (TPSA) is 77.2 Å². The Bertz CT molecular complexity index is 663. The average Bonchev–Trinajstić information content (AvgIpc) is 2.86. The summed E-state index contributed by atoms with van der Waals surface area (Å²) in [6.45, 7) is 3.21. The number of hydrogen-bond donors (Lipinski definition) is 2. The van der Waals surface area contributed by atoms with Crippen LogP contribution in [0.5, 0.6) is 0 Å². The smallest absolute Gasteiger partial charge is 0.253 e. The lowest BCUT2D eigenvalue weighted by atomic mass is 10.00. The van der Waals surface area contributed by atoms with E-state index < -0.39 is 0 Å². The molecule has 20 heavy (non-hydrogen) atoms. The lowest BCUT2D eigenvalue weighted by Gasteiger charge is -2.23. The van der Waals surface area contributed by atoms with E-state index in [4.69, 9.17) is 10.5 Å². The van der Waals surface area contributed by atoms with Gasteiger partial charge < -0.3 is 15.8 Å². The number of carbonyl (C=O) groups is 1. The van der Waals surface area contributed by atoms with Gasteiger partial charge >= 0.3 is 0 Å². The molecule has 3 N–H and O–H groups in total. The van der Waals surface area contributed by atoms with E-state index in [0.29, 0.717) is 24.6 Å². The van der Waals surface area contributed by atoms with Crippen molar-refractivity contribution in [1.29, 1.82) is 0 Å². The summed E-state index contributed by atoms with van der Waals surface area (Å²) in [7, 11) is 0. The zero-order valence-corrected chi connectivity index (χ0v) is 11.3. The summed E-state index contributed by atoms with van der Waals surface area (Å²) in [4.78, 5) is 16.6. The summed E-state index contributed by atoms with van der Waals surface area (Å²) in [5.74, 6) is 0.300. The average molecular weight is 271 g/mol. The van der Waals surface area contributed by atoms with E-state index in [0.717, 1.165) is 17.2 Å². The number of pyridine rings is 1. The van der Waals surface area contributed by atoms with Crippen molar-refractivity contribution in [1.82, 2.24) is 10.3 Å². The molecule has 3 rings (SSSR count). The fraction of sp³-hybridized carbons (Fsp3) is 0.333. The molecule has 1 atom stereocenters. The standard InChI is InChI=1S/C15H17N3O2/c1-15(6-7-20-9-15)18-14(19)12-8-17-13(16)11-5-3-2-4-10(11)12/h2-5,8H,6-7,9H2,1H3,(H2,16,17)(H,18,19). The molecule has 1 unspecified atom stereocenters. The zero-order chi connectivity index (χ0) is 14.2. The molecule has 0 bridgehead atoms. The Balaban J connectivity index is 1.98. The molecule has 1 fully saturated rings. The van der Waals surface area contributed by atoms with Gasteiger partial charge in [-0.15, -0.1) is 0 Å². The van der Waals surface area contributed by atoms with E-state index in [1.165, 1.54) is 6.20 Å². The van der Waals surface area contributed by atoms with Crippen molar-refractivity contribution in [3.05, 3.63) is 36.0 Å². The Labute approximate surface area is 117 Å². The van der Waals surface area contributed by atoms with Crippen molar-refractivity contribution >= 4 is 22.5 Å². The molecule has 0 aliphatic carbocycles. The molecule has 0 saturated carbocycles. The highest BCUT2D eigenvalue weighted by atomic mass is 16.5. The van der Waals surface area contributed by atoms with Gasteiger partial charge in [0.2, 0.25) is 0 Å². The van der Waals surface area contributed by atoms with Gasteiger partial charge in [0.05, 0.1) is 17.7 Å². The third-order valence-electron chi connectivity index (χ3n) is 3.70. The first-order valence-corrected chi connectivity index (χ1v) is 6.63. The number of nitrogens with two attached hydrogens (primary N) is 1. The van der Waals surface area contributed by atoms with Crippen molar-refractivity contribution in [3.8, 4) is 0 Å². The Morgan fingerprint density at radius 1 is 1.40 bits per heavy atom. The van der Waals surface area contributed by atoms with Gasteiger partial charge in [0.1, 0.15) is 5.82 Å². The first kappa shape index (κ1) is 12.9. The minimum atomic E-state index is -0.306. The van der Waals surface area contributed by atoms with Crippen LogP contribution in [0, 0.1) is 0 Å². The molecule has 1 aliphatic rings. The fourth-order valence-corrected chi connectivity index (χ4v) is 2.50. The van der Waals surface area contributed by atoms with Gasteiger partial charge in [-0.05, 0) is 18.7 Å². The maximum Gasteiger partial charge on any atom is 0.253 e. The molecule has 1 aromatic heterocycles. The zero-order valence-electron chi connectivity index (χ0n) is 11.3. The Kier molecular flexibility index (Phi) is 3.06. The number of carbonyl (C=O) groups excluding carboxylic acids is 1. The fourth-order valence-electron chi connectivity index (χ4n) is 2.50. The van der Waals surface area contributed by atoms with Crippen LogP contribution in [0.15, 0.2) is 30.5 Å². The van der Waals surface area contributed by atoms with E-state index in [1.807, 2.05) is 31.2 Å². The van der Waals surface area contributed by atoms with Crippen LogP contribution < -0.4 is 11.1 Å². The van der Waals surface area contributed by atoms with Crippen LogP contribution in [-0.2, 0) is 4.74 Å². The lowest BCUT2D eigenvalue weighted by molar-refractivity contribution is 0.0891. The maximum atomic E-state index is 12.5. The Morgan fingerprint density at radius 2 is 2.15 bits per heavy atom. The second kappa shape index (κ2) is 4.76. The van der Waals surface area contributed by atoms with E-state index in [9.17, 15) is 4.79 Å². The number of nitrogens with one attached hydrogen (secondary N) is 1. The molecule has 2 aromatic rings. The molecule has 5 nitrogen and oxygen atoms in total. The van der Waals surface area contributed by atoms with Gasteiger partial charge in [-0.2, -0.15) is 0 Å². The third kappa shape index (κ3) is 2.20. The number of amides is 1. The van der Waals surface area contributed by atoms with Gasteiger partial charge in [0, 0.05) is 18.2 Å². The van der Waals surface area contributed by atoms with Crippen LogP contribution in [-0.4, -0.2) is 29.6 Å². The van der Waals surface area contributed by atoms with Crippen LogP contribution in [0.3, 0.4) is 0 Å². The molecule has 0 spiro atoms. The minimum absolute atomic E-state index is 0.137. The summed E-state index contributed by atoms with van der Waals surface area (Å²) < 4.78 is 5.35. The number of anilines is 1. The van der Waals surface area contributed by atoms with Gasteiger partial charge in [-0.3, -0.25) is 4.79 Å². The van der Waals surface area contributed by atoms with Gasteiger partial charge in [-0.1, -0.05) is 24.3 Å². The maximum absolute atomic E-state index is 12.5. The van der Waals surface area contributed by atoms with E-state index in [1.54, 1.807) is 0 Å². The van der Waals surface area contributed by atoms with Gasteiger partial charge in [0.25, 0.3) is 5.91 Å². The van der Waals surface area contributed by atoms with Crippen molar-refractivity contribution in [2.45, 2.75) is 18.9 Å². The van der Waals surface area contributed by atoms with Crippen LogP contribution in [0.1, 0.15) is 23.7 Å². The molecule has 5 heteroatoms. The van der Waals surface area contributed by atoms with Crippen LogP contribution in [0.25, 0.3) is 10.8 Å². The Morgan fingerprint density at radius 3 is 2.85 bits per heavy atom. The number of ether oxygens (including phenoxy) is 1. The van der Waals surface area contributed by atoms with Crippen molar-refractivity contribution in [3.63, 3.8) is 0 Å². The summed E-state index contributed by atoms with van der Waals surface area (Å²) >= 11 is 0. The molecule has 2 heterocycles. The number of rotatable bonds is 2. The first-order chi connectivity index (χ1) is 9.59. The quantitative estimate of drug-likeness (QED) is 0.872. The largest absolute Gasteiger partial charge is 0.383 e. The summed E-state index contributed by atoms with van der Waals surface area (Å²) in [6.07, 6.45) is 2.35. The van der Waals surface area contributed by atoms with Crippen LogP contribution in [0.2, 0.25) is 0 Å². The highest BCUT2D eigenvalue weighted by Crippen LogP contribution is 2.24. The highest BCUT2D eigenvalue weighted by molar-refractivity contribution is 6.09. The first-order valence-electron chi connectivity index (χ1n) is 6.63. The number of hydrogen-bond acceptors (Lipinski definition) is 4. The van der Waals surface area contributed by atoms with Crippen LogP contribution >= 0.6 is 0 Å².